The molecule has 3 aromatic carbocycles. The molecular formula is C60H88O4. The van der Waals surface area contributed by atoms with Gasteiger partial charge in [-0.05, 0) is 217 Å². The van der Waals surface area contributed by atoms with Crippen molar-refractivity contribution in [1.29, 1.82) is 0 Å². The molecule has 0 N–H and O–H groups in total. The van der Waals surface area contributed by atoms with E-state index in [4.69, 9.17) is 9.47 Å². The second kappa shape index (κ2) is 24.9. The van der Waals surface area contributed by atoms with Crippen LogP contribution in [0.1, 0.15) is 280 Å². The van der Waals surface area contributed by atoms with Gasteiger partial charge in [0.2, 0.25) is 0 Å². The molecule has 3 aliphatic rings. The SMILES string of the molecule is CCCCCc1c2c(c(CCCCC)c3c1Cc1c(CCCCC)c4c(c(CCCCC)c1C3)Cc1c(c(CCCCC)c(C(=O)OC)c(C(=O)OC)c1CCCCC)C4)CCCC2. The first-order chi connectivity index (χ1) is 31.3. The molecule has 0 unspecified atom stereocenters. The predicted molar refractivity (Wildman–Crippen MR) is 269 cm³/mol. The molecule has 0 aromatic heterocycles. The second-order valence-corrected chi connectivity index (χ2v) is 20.0. The number of hydrogen-bond donors (Lipinski definition) is 0. The van der Waals surface area contributed by atoms with E-state index in [2.05, 4.69) is 41.5 Å². The minimum Gasteiger partial charge on any atom is -0.465 e. The molecule has 352 valence electrons. The molecule has 0 spiro atoms. The quantitative estimate of drug-likeness (QED) is 0.0410. The van der Waals surface area contributed by atoms with Crippen LogP contribution in [0.25, 0.3) is 0 Å². The van der Waals surface area contributed by atoms with Gasteiger partial charge in [-0.25, -0.2) is 9.59 Å². The Hall–Kier alpha value is -3.40. The van der Waals surface area contributed by atoms with Gasteiger partial charge in [0.15, 0.2) is 0 Å². The number of benzene rings is 3. The summed E-state index contributed by atoms with van der Waals surface area (Å²) in [6.07, 6.45) is 36.7. The van der Waals surface area contributed by atoms with Crippen LogP contribution in [0.4, 0.5) is 0 Å². The molecule has 0 fully saturated rings. The lowest BCUT2D eigenvalue weighted by Gasteiger charge is -2.38. The van der Waals surface area contributed by atoms with Gasteiger partial charge in [0.1, 0.15) is 0 Å². The van der Waals surface area contributed by atoms with Gasteiger partial charge >= 0.3 is 11.9 Å². The lowest BCUT2D eigenvalue weighted by atomic mass is 9.66. The fraction of sp³-hybridized carbons (Fsp3) is 0.667. The van der Waals surface area contributed by atoms with E-state index in [1.54, 1.807) is 66.8 Å². The Balaban J connectivity index is 1.68. The highest BCUT2D eigenvalue weighted by Crippen LogP contribution is 2.48. The van der Waals surface area contributed by atoms with E-state index in [0.717, 1.165) is 101 Å². The van der Waals surface area contributed by atoms with E-state index in [9.17, 15) is 9.59 Å². The third-order valence-electron chi connectivity index (χ3n) is 15.8. The number of rotatable bonds is 26. The molecule has 3 aliphatic carbocycles. The fourth-order valence-corrected chi connectivity index (χ4v) is 12.5. The van der Waals surface area contributed by atoms with E-state index in [1.807, 2.05) is 0 Å². The Morgan fingerprint density at radius 1 is 0.328 bits per heavy atom. The lowest BCUT2D eigenvalue weighted by molar-refractivity contribution is 0.0552. The highest BCUT2D eigenvalue weighted by molar-refractivity contribution is 6.06. The first-order valence-corrected chi connectivity index (χ1v) is 27.0. The summed E-state index contributed by atoms with van der Waals surface area (Å²) in [4.78, 5) is 28.4. The molecule has 3 aromatic rings. The number of ether oxygens (including phenoxy) is 2. The van der Waals surface area contributed by atoms with Crippen molar-refractivity contribution in [2.75, 3.05) is 14.2 Å². The minimum atomic E-state index is -0.392. The summed E-state index contributed by atoms with van der Waals surface area (Å²) in [5, 5.41) is 0. The fourth-order valence-electron chi connectivity index (χ4n) is 12.5. The molecule has 0 saturated heterocycles. The highest BCUT2D eigenvalue weighted by Gasteiger charge is 2.38. The summed E-state index contributed by atoms with van der Waals surface area (Å²) in [7, 11) is 2.96. The van der Waals surface area contributed by atoms with Crippen LogP contribution in [-0.4, -0.2) is 26.2 Å². The Bertz CT molecular complexity index is 1920. The monoisotopic (exact) mass is 873 g/mol. The molecular weight excluding hydrogens is 785 g/mol. The van der Waals surface area contributed by atoms with E-state index in [0.29, 0.717) is 11.1 Å². The van der Waals surface area contributed by atoms with E-state index < -0.39 is 11.9 Å². The van der Waals surface area contributed by atoms with Crippen LogP contribution >= 0.6 is 0 Å². The normalized spacial score (nSPS) is 13.8. The van der Waals surface area contributed by atoms with Crippen molar-refractivity contribution < 1.29 is 19.1 Å². The Kier molecular flexibility index (Phi) is 19.5. The van der Waals surface area contributed by atoms with Crippen LogP contribution < -0.4 is 0 Å². The third-order valence-corrected chi connectivity index (χ3v) is 15.8. The largest absolute Gasteiger partial charge is 0.465 e. The predicted octanol–water partition coefficient (Wildman–Crippen LogP) is 15.5. The van der Waals surface area contributed by atoms with Crippen molar-refractivity contribution in [2.45, 2.75) is 247 Å². The molecule has 0 atom stereocenters. The highest BCUT2D eigenvalue weighted by atomic mass is 16.5. The van der Waals surface area contributed by atoms with Crippen molar-refractivity contribution in [3.8, 4) is 0 Å². The van der Waals surface area contributed by atoms with Crippen molar-refractivity contribution in [3.63, 3.8) is 0 Å². The van der Waals surface area contributed by atoms with Gasteiger partial charge in [-0.1, -0.05) is 119 Å². The Morgan fingerprint density at radius 3 is 0.781 bits per heavy atom. The molecule has 6 rings (SSSR count). The zero-order valence-electron chi connectivity index (χ0n) is 42.3. The average Bonchev–Trinajstić information content (AvgIpc) is 3.31. The van der Waals surface area contributed by atoms with Crippen LogP contribution in [0.2, 0.25) is 0 Å². The molecule has 0 heterocycles. The number of hydrogen-bond acceptors (Lipinski definition) is 4. The molecule has 64 heavy (non-hydrogen) atoms. The molecule has 4 heteroatoms. The number of fused-ring (bicyclic) bond motifs is 5. The van der Waals surface area contributed by atoms with Crippen LogP contribution in [-0.2, 0) is 86.5 Å². The number of unbranched alkanes of at least 4 members (excludes halogenated alkanes) is 12. The van der Waals surface area contributed by atoms with Gasteiger partial charge in [-0.2, -0.15) is 0 Å². The smallest absolute Gasteiger partial charge is 0.339 e. The number of methoxy groups -OCH3 is 2. The lowest BCUT2D eigenvalue weighted by Crippen LogP contribution is -2.27. The van der Waals surface area contributed by atoms with Crippen molar-refractivity contribution in [3.05, 3.63) is 100 Å². The third kappa shape index (κ3) is 10.9. The van der Waals surface area contributed by atoms with Gasteiger partial charge < -0.3 is 9.47 Å². The van der Waals surface area contributed by atoms with Gasteiger partial charge in [-0.15, -0.1) is 0 Å². The zero-order valence-corrected chi connectivity index (χ0v) is 42.3. The van der Waals surface area contributed by atoms with E-state index in [-0.39, 0.29) is 0 Å². The van der Waals surface area contributed by atoms with E-state index in [1.165, 1.54) is 141 Å². The van der Waals surface area contributed by atoms with E-state index >= 15 is 0 Å². The average molecular weight is 873 g/mol. The summed E-state index contributed by atoms with van der Waals surface area (Å²) in [6.45, 7) is 13.9. The van der Waals surface area contributed by atoms with Crippen molar-refractivity contribution >= 4 is 11.9 Å². The van der Waals surface area contributed by atoms with Gasteiger partial charge in [0.25, 0.3) is 0 Å². The topological polar surface area (TPSA) is 52.6 Å². The summed E-state index contributed by atoms with van der Waals surface area (Å²) in [6, 6.07) is 0. The summed E-state index contributed by atoms with van der Waals surface area (Å²) >= 11 is 0. The van der Waals surface area contributed by atoms with Gasteiger partial charge in [0.05, 0.1) is 25.3 Å². The Labute approximate surface area is 390 Å². The molecule has 0 bridgehead atoms. The molecule has 4 nitrogen and oxygen atoms in total. The first-order valence-electron chi connectivity index (χ1n) is 27.0. The standard InChI is InChI=1S/C60H88O4/c1-9-15-21-29-43-41-33-27-28-34-42(41)44(30-22-16-10-2)50-38-52-46(32-24-18-12-4)54-40-56-48(36-26-20-14-6)58(60(62)64-8)57(59(61)63-7)47(35-25-19-13-5)55(56)39-53(54)45(31-23-17-11-3)51(52)37-49(43)50/h9-40H2,1-8H3. The maximum Gasteiger partial charge on any atom is 0.339 e. The number of carbonyl (C=O) groups is 2. The summed E-state index contributed by atoms with van der Waals surface area (Å²) < 4.78 is 11.2. The van der Waals surface area contributed by atoms with Crippen LogP contribution in [0, 0.1) is 0 Å². The van der Waals surface area contributed by atoms with Crippen molar-refractivity contribution in [2.24, 2.45) is 0 Å². The van der Waals surface area contributed by atoms with Crippen LogP contribution in [0.5, 0.6) is 0 Å². The first kappa shape index (κ1) is 50.0. The maximum absolute atomic E-state index is 14.2. The second-order valence-electron chi connectivity index (χ2n) is 20.0. The Morgan fingerprint density at radius 2 is 0.547 bits per heavy atom. The summed E-state index contributed by atoms with van der Waals surface area (Å²) in [5.74, 6) is -0.784. The number of carbonyl (C=O) groups excluding carboxylic acids is 2. The van der Waals surface area contributed by atoms with Crippen LogP contribution in [0.15, 0.2) is 0 Å². The molecule has 0 saturated carbocycles. The number of esters is 2. The molecule has 0 radical (unpaired) electrons. The zero-order chi connectivity index (χ0) is 45.6. The molecule has 0 amide bonds. The maximum atomic E-state index is 14.2. The molecule has 0 aliphatic heterocycles. The van der Waals surface area contributed by atoms with Gasteiger partial charge in [0, 0.05) is 0 Å². The minimum absolute atomic E-state index is 0.392. The van der Waals surface area contributed by atoms with Crippen molar-refractivity contribution in [1.82, 2.24) is 0 Å². The van der Waals surface area contributed by atoms with Gasteiger partial charge in [-0.3, -0.25) is 0 Å². The van der Waals surface area contributed by atoms with Crippen LogP contribution in [0.3, 0.4) is 0 Å². The summed E-state index contributed by atoms with van der Waals surface area (Å²) in [5.41, 5.74) is 26.0.